The first-order valence-corrected chi connectivity index (χ1v) is 4.77. The Morgan fingerprint density at radius 3 is 2.44 bits per heavy atom. The Hall–Kier alpha value is -2.31. The first-order valence-electron chi connectivity index (χ1n) is 4.77. The molecule has 0 aliphatic rings. The summed E-state index contributed by atoms with van der Waals surface area (Å²) in [6.07, 6.45) is -3.64. The van der Waals surface area contributed by atoms with E-state index in [-0.39, 0.29) is 0 Å². The quantitative estimate of drug-likeness (QED) is 0.850. The van der Waals surface area contributed by atoms with Crippen molar-refractivity contribution in [1.29, 1.82) is 0 Å². The molecule has 0 unspecified atom stereocenters. The summed E-state index contributed by atoms with van der Waals surface area (Å²) in [6.45, 7) is 0. The molecular formula is C11H6F3NO3. The highest BCUT2D eigenvalue weighted by Gasteiger charge is 2.34. The van der Waals surface area contributed by atoms with Crippen LogP contribution in [0.3, 0.4) is 0 Å². The fourth-order valence-corrected chi connectivity index (χ4v) is 1.68. The Morgan fingerprint density at radius 2 is 1.89 bits per heavy atom. The second-order valence-electron chi connectivity index (χ2n) is 3.53. The molecule has 0 atom stereocenters. The van der Waals surface area contributed by atoms with Crippen molar-refractivity contribution in [3.63, 3.8) is 0 Å². The van der Waals surface area contributed by atoms with Gasteiger partial charge in [0.25, 0.3) is 5.56 Å². The summed E-state index contributed by atoms with van der Waals surface area (Å²) in [5, 5.41) is 8.88. The van der Waals surface area contributed by atoms with Gasteiger partial charge in [0.1, 0.15) is 0 Å². The number of carboxylic acids is 1. The van der Waals surface area contributed by atoms with Crippen molar-refractivity contribution < 1.29 is 23.1 Å². The Labute approximate surface area is 97.9 Å². The molecule has 1 N–H and O–H groups in total. The fraction of sp³-hybridized carbons (Fsp3) is 0.0909. The van der Waals surface area contributed by atoms with Gasteiger partial charge in [-0.15, -0.1) is 0 Å². The van der Waals surface area contributed by atoms with E-state index in [0.717, 1.165) is 30.5 Å². The number of rotatable bonds is 1. The van der Waals surface area contributed by atoms with Gasteiger partial charge in [-0.3, -0.25) is 9.20 Å². The van der Waals surface area contributed by atoms with Crippen LogP contribution in [0.25, 0.3) is 5.52 Å². The van der Waals surface area contributed by atoms with Crippen LogP contribution >= 0.6 is 0 Å². The lowest BCUT2D eigenvalue weighted by atomic mass is 10.1. The van der Waals surface area contributed by atoms with E-state index < -0.39 is 34.3 Å². The van der Waals surface area contributed by atoms with Gasteiger partial charge < -0.3 is 5.11 Å². The molecule has 0 aliphatic heterocycles. The number of fused-ring (bicyclic) bond motifs is 1. The van der Waals surface area contributed by atoms with Gasteiger partial charge in [0.15, 0.2) is 0 Å². The van der Waals surface area contributed by atoms with Crippen molar-refractivity contribution >= 4 is 11.5 Å². The lowest BCUT2D eigenvalue weighted by Crippen LogP contribution is -2.19. The largest absolute Gasteiger partial charge is 0.478 e. The minimum absolute atomic E-state index is 0.567. The topological polar surface area (TPSA) is 58.8 Å². The Balaban J connectivity index is 3.02. The normalized spacial score (nSPS) is 11.7. The predicted molar refractivity (Wildman–Crippen MR) is 55.6 cm³/mol. The first kappa shape index (κ1) is 12.2. The van der Waals surface area contributed by atoms with Crippen molar-refractivity contribution in [3.8, 4) is 0 Å². The molecule has 18 heavy (non-hydrogen) atoms. The zero-order chi connectivity index (χ0) is 13.5. The Bertz CT molecular complexity index is 688. The molecule has 0 spiro atoms. The van der Waals surface area contributed by atoms with Crippen molar-refractivity contribution in [2.75, 3.05) is 0 Å². The molecule has 0 saturated heterocycles. The number of nitrogens with zero attached hydrogens (tertiary/aromatic N) is 1. The molecule has 2 aromatic heterocycles. The number of carbonyl (C=O) groups is 1. The van der Waals surface area contributed by atoms with Gasteiger partial charge in [-0.25, -0.2) is 4.79 Å². The molecule has 0 aromatic carbocycles. The average Bonchev–Trinajstić information content (AvgIpc) is 2.27. The molecule has 4 nitrogen and oxygen atoms in total. The molecule has 2 aromatic rings. The smallest absolute Gasteiger partial charge is 0.418 e. The Kier molecular flexibility index (Phi) is 2.61. The highest BCUT2D eigenvalue weighted by atomic mass is 19.4. The van der Waals surface area contributed by atoms with E-state index in [1.54, 1.807) is 0 Å². The number of hydrogen-bond donors (Lipinski definition) is 1. The highest BCUT2D eigenvalue weighted by molar-refractivity contribution is 5.96. The van der Waals surface area contributed by atoms with Crippen LogP contribution in [-0.4, -0.2) is 15.5 Å². The molecule has 2 heterocycles. The van der Waals surface area contributed by atoms with Crippen molar-refractivity contribution in [2.45, 2.75) is 6.18 Å². The molecule has 0 radical (unpaired) electrons. The van der Waals surface area contributed by atoms with Crippen LogP contribution in [0, 0.1) is 0 Å². The standard InChI is InChI=1S/C11H6F3NO3/c12-11(13,14)7-2-1-5-15-8(16)4-3-6(9(7)15)10(17)18/h1-5H,(H,17,18). The van der Waals surface area contributed by atoms with Gasteiger partial charge in [0, 0.05) is 12.3 Å². The molecule has 2 rings (SSSR count). The number of aromatic carboxylic acids is 1. The number of pyridine rings is 2. The third-order valence-electron chi connectivity index (χ3n) is 2.41. The number of hydrogen-bond acceptors (Lipinski definition) is 2. The van der Waals surface area contributed by atoms with Crippen LogP contribution in [0.15, 0.2) is 35.3 Å². The van der Waals surface area contributed by atoms with Crippen LogP contribution < -0.4 is 5.56 Å². The van der Waals surface area contributed by atoms with Gasteiger partial charge in [-0.05, 0) is 18.2 Å². The lowest BCUT2D eigenvalue weighted by molar-refractivity contribution is -0.136. The summed E-state index contributed by atoms with van der Waals surface area (Å²) < 4.78 is 39.0. The molecule has 0 aliphatic carbocycles. The van der Waals surface area contributed by atoms with Crippen LogP contribution in [0.5, 0.6) is 0 Å². The van der Waals surface area contributed by atoms with Crippen molar-refractivity contribution in [1.82, 2.24) is 4.40 Å². The molecule has 0 fully saturated rings. The van der Waals surface area contributed by atoms with E-state index >= 15 is 0 Å². The second-order valence-corrected chi connectivity index (χ2v) is 3.53. The van der Waals surface area contributed by atoms with E-state index in [1.165, 1.54) is 0 Å². The maximum atomic E-state index is 12.8. The maximum absolute atomic E-state index is 12.8. The minimum Gasteiger partial charge on any atom is -0.478 e. The van der Waals surface area contributed by atoms with Gasteiger partial charge in [0.2, 0.25) is 0 Å². The monoisotopic (exact) mass is 257 g/mol. The molecular weight excluding hydrogens is 251 g/mol. The van der Waals surface area contributed by atoms with Crippen LogP contribution in [0.1, 0.15) is 15.9 Å². The molecule has 0 saturated carbocycles. The predicted octanol–water partition coefficient (Wildman–Crippen LogP) is 2.02. The summed E-state index contributed by atoms with van der Waals surface area (Å²) in [5.41, 5.74) is -3.09. The van der Waals surface area contributed by atoms with Crippen molar-refractivity contribution in [2.24, 2.45) is 0 Å². The van der Waals surface area contributed by atoms with Gasteiger partial charge >= 0.3 is 12.1 Å². The summed E-state index contributed by atoms with van der Waals surface area (Å²) in [5.74, 6) is -1.52. The Morgan fingerprint density at radius 1 is 1.22 bits per heavy atom. The average molecular weight is 257 g/mol. The summed E-state index contributed by atoms with van der Waals surface area (Å²) in [6, 6.07) is 3.57. The van der Waals surface area contributed by atoms with Crippen molar-refractivity contribution in [3.05, 3.63) is 51.9 Å². The van der Waals surface area contributed by atoms with Gasteiger partial charge in [-0.1, -0.05) is 0 Å². The van der Waals surface area contributed by atoms with Crippen LogP contribution in [0.2, 0.25) is 0 Å². The molecule has 0 amide bonds. The summed E-state index contributed by atoms with van der Waals surface area (Å²) in [7, 11) is 0. The number of alkyl halides is 3. The maximum Gasteiger partial charge on any atom is 0.418 e. The lowest BCUT2D eigenvalue weighted by Gasteiger charge is -2.12. The number of carboxylic acid groups (broad SMARTS) is 1. The molecule has 94 valence electrons. The van der Waals surface area contributed by atoms with Crippen LogP contribution in [0.4, 0.5) is 13.2 Å². The molecule has 7 heteroatoms. The molecule has 0 bridgehead atoms. The number of aromatic nitrogens is 1. The fourth-order valence-electron chi connectivity index (χ4n) is 1.68. The minimum atomic E-state index is -4.73. The summed E-state index contributed by atoms with van der Waals surface area (Å²) >= 11 is 0. The van der Waals surface area contributed by atoms with E-state index in [4.69, 9.17) is 5.11 Å². The highest BCUT2D eigenvalue weighted by Crippen LogP contribution is 2.33. The van der Waals surface area contributed by atoms with Gasteiger partial charge in [0.05, 0.1) is 16.6 Å². The van der Waals surface area contributed by atoms with Gasteiger partial charge in [-0.2, -0.15) is 13.2 Å². The third-order valence-corrected chi connectivity index (χ3v) is 2.41. The second kappa shape index (κ2) is 3.86. The van der Waals surface area contributed by atoms with Crippen LogP contribution in [-0.2, 0) is 6.18 Å². The van der Waals surface area contributed by atoms with E-state index in [2.05, 4.69) is 0 Å². The first-order chi connectivity index (χ1) is 8.32. The summed E-state index contributed by atoms with van der Waals surface area (Å²) in [4.78, 5) is 22.4. The van der Waals surface area contributed by atoms with E-state index in [0.29, 0.717) is 4.40 Å². The third kappa shape index (κ3) is 1.83. The SMILES string of the molecule is O=C(O)c1ccc(=O)n2cccc(C(F)(F)F)c12. The van der Waals surface area contributed by atoms with E-state index in [9.17, 15) is 22.8 Å². The zero-order valence-electron chi connectivity index (χ0n) is 8.73. The zero-order valence-corrected chi connectivity index (χ0v) is 8.73. The van der Waals surface area contributed by atoms with E-state index in [1.807, 2.05) is 0 Å². The number of halogens is 3.